The Balaban J connectivity index is 1.79. The number of nitrogens with zero attached hydrogens (tertiary/aromatic N) is 1. The lowest BCUT2D eigenvalue weighted by molar-refractivity contribution is 0.191. The van der Waals surface area contributed by atoms with E-state index in [-0.39, 0.29) is 0 Å². The highest BCUT2D eigenvalue weighted by Crippen LogP contribution is 2.34. The van der Waals surface area contributed by atoms with Gasteiger partial charge in [-0.1, -0.05) is 27.7 Å². The standard InChI is InChI=1S/C17H34N2/c1-14-7-9-18-16(12-14)13-19-10-5-6-15(8-11-19)17(2,3)4/h14-16,18H,5-13H2,1-4H3. The van der Waals surface area contributed by atoms with Crippen molar-refractivity contribution in [3.8, 4) is 0 Å². The molecule has 0 aliphatic carbocycles. The lowest BCUT2D eigenvalue weighted by Gasteiger charge is -2.33. The van der Waals surface area contributed by atoms with Gasteiger partial charge in [0.1, 0.15) is 0 Å². The third-order valence-corrected chi connectivity index (χ3v) is 5.28. The van der Waals surface area contributed by atoms with E-state index >= 15 is 0 Å². The SMILES string of the molecule is CC1CCNC(CN2CCCC(C(C)(C)C)CC2)C1. The molecule has 0 saturated carbocycles. The molecular weight excluding hydrogens is 232 g/mol. The Kier molecular flexibility index (Phi) is 5.30. The van der Waals surface area contributed by atoms with Crippen molar-refractivity contribution < 1.29 is 0 Å². The van der Waals surface area contributed by atoms with Gasteiger partial charge in [-0.2, -0.15) is 0 Å². The van der Waals surface area contributed by atoms with E-state index in [9.17, 15) is 0 Å². The fraction of sp³-hybridized carbons (Fsp3) is 1.00. The summed E-state index contributed by atoms with van der Waals surface area (Å²) in [5, 5.41) is 3.72. The third-order valence-electron chi connectivity index (χ3n) is 5.28. The Morgan fingerprint density at radius 1 is 1.11 bits per heavy atom. The highest BCUT2D eigenvalue weighted by atomic mass is 15.1. The number of piperidine rings is 1. The van der Waals surface area contributed by atoms with Crippen molar-refractivity contribution in [2.75, 3.05) is 26.2 Å². The third kappa shape index (κ3) is 4.75. The van der Waals surface area contributed by atoms with Crippen molar-refractivity contribution in [1.29, 1.82) is 0 Å². The number of hydrogen-bond donors (Lipinski definition) is 1. The Hall–Kier alpha value is -0.0800. The van der Waals surface area contributed by atoms with Crippen LogP contribution in [0.1, 0.15) is 59.8 Å². The summed E-state index contributed by atoms with van der Waals surface area (Å²) in [4.78, 5) is 2.72. The van der Waals surface area contributed by atoms with E-state index in [4.69, 9.17) is 0 Å². The zero-order chi connectivity index (χ0) is 13.9. The highest BCUT2D eigenvalue weighted by Gasteiger charge is 2.28. The van der Waals surface area contributed by atoms with Gasteiger partial charge < -0.3 is 10.2 Å². The van der Waals surface area contributed by atoms with Crippen molar-refractivity contribution in [1.82, 2.24) is 10.2 Å². The second-order valence-electron chi connectivity index (χ2n) is 8.08. The second-order valence-corrected chi connectivity index (χ2v) is 8.08. The largest absolute Gasteiger partial charge is 0.313 e. The molecular formula is C17H34N2. The molecule has 0 radical (unpaired) electrons. The summed E-state index contributed by atoms with van der Waals surface area (Å²) in [6.45, 7) is 14.8. The number of rotatable bonds is 2. The van der Waals surface area contributed by atoms with Gasteiger partial charge in [0.15, 0.2) is 0 Å². The molecule has 2 saturated heterocycles. The van der Waals surface area contributed by atoms with E-state index in [0.29, 0.717) is 5.41 Å². The zero-order valence-corrected chi connectivity index (χ0v) is 13.5. The smallest absolute Gasteiger partial charge is 0.0197 e. The Morgan fingerprint density at radius 2 is 1.89 bits per heavy atom. The van der Waals surface area contributed by atoms with Crippen LogP contribution in [0.15, 0.2) is 0 Å². The van der Waals surface area contributed by atoms with Crippen molar-refractivity contribution in [3.63, 3.8) is 0 Å². The van der Waals surface area contributed by atoms with Crippen LogP contribution in [0.4, 0.5) is 0 Å². The molecule has 2 heterocycles. The topological polar surface area (TPSA) is 15.3 Å². The molecule has 3 unspecified atom stereocenters. The maximum atomic E-state index is 3.72. The fourth-order valence-electron chi connectivity index (χ4n) is 3.88. The van der Waals surface area contributed by atoms with Crippen LogP contribution < -0.4 is 5.32 Å². The Bertz CT molecular complexity index is 269. The summed E-state index contributed by atoms with van der Waals surface area (Å²) < 4.78 is 0. The average Bonchev–Trinajstić information content (AvgIpc) is 2.54. The van der Waals surface area contributed by atoms with Gasteiger partial charge in [0.2, 0.25) is 0 Å². The molecule has 2 heteroatoms. The molecule has 19 heavy (non-hydrogen) atoms. The lowest BCUT2D eigenvalue weighted by Crippen LogP contribution is -2.45. The normalized spacial score (nSPS) is 35.1. The van der Waals surface area contributed by atoms with Crippen molar-refractivity contribution >= 4 is 0 Å². The fourth-order valence-corrected chi connectivity index (χ4v) is 3.88. The summed E-state index contributed by atoms with van der Waals surface area (Å²) in [6, 6.07) is 0.745. The maximum Gasteiger partial charge on any atom is 0.0197 e. The molecule has 2 fully saturated rings. The minimum Gasteiger partial charge on any atom is -0.313 e. The number of hydrogen-bond acceptors (Lipinski definition) is 2. The van der Waals surface area contributed by atoms with Gasteiger partial charge in [0.05, 0.1) is 0 Å². The van der Waals surface area contributed by atoms with Gasteiger partial charge in [-0.15, -0.1) is 0 Å². The van der Waals surface area contributed by atoms with Gasteiger partial charge in [0.25, 0.3) is 0 Å². The molecule has 3 atom stereocenters. The lowest BCUT2D eigenvalue weighted by atomic mass is 9.77. The molecule has 0 aromatic carbocycles. The van der Waals surface area contributed by atoms with E-state index in [0.717, 1.165) is 17.9 Å². The minimum absolute atomic E-state index is 0.494. The zero-order valence-electron chi connectivity index (χ0n) is 13.5. The van der Waals surface area contributed by atoms with Crippen LogP contribution in [0, 0.1) is 17.3 Å². The molecule has 2 aliphatic heterocycles. The minimum atomic E-state index is 0.494. The Labute approximate surface area is 120 Å². The molecule has 0 spiro atoms. The first-order valence-corrected chi connectivity index (χ1v) is 8.41. The van der Waals surface area contributed by atoms with Gasteiger partial charge in [-0.25, -0.2) is 0 Å². The van der Waals surface area contributed by atoms with Crippen LogP contribution in [0.3, 0.4) is 0 Å². The van der Waals surface area contributed by atoms with E-state index in [1.54, 1.807) is 0 Å². The molecule has 2 nitrogen and oxygen atoms in total. The number of nitrogens with one attached hydrogen (secondary N) is 1. The van der Waals surface area contributed by atoms with Gasteiger partial charge >= 0.3 is 0 Å². The summed E-state index contributed by atoms with van der Waals surface area (Å²) in [7, 11) is 0. The van der Waals surface area contributed by atoms with E-state index in [1.807, 2.05) is 0 Å². The van der Waals surface area contributed by atoms with Crippen LogP contribution in [-0.2, 0) is 0 Å². The first-order valence-electron chi connectivity index (χ1n) is 8.41. The highest BCUT2D eigenvalue weighted by molar-refractivity contribution is 4.83. The molecule has 2 aliphatic rings. The molecule has 0 aromatic rings. The summed E-state index contributed by atoms with van der Waals surface area (Å²) in [6.07, 6.45) is 6.95. The van der Waals surface area contributed by atoms with Gasteiger partial charge in [0, 0.05) is 12.6 Å². The first kappa shape index (κ1) is 15.3. The average molecular weight is 266 g/mol. The monoisotopic (exact) mass is 266 g/mol. The molecule has 0 amide bonds. The second kappa shape index (κ2) is 6.58. The van der Waals surface area contributed by atoms with Crippen molar-refractivity contribution in [3.05, 3.63) is 0 Å². The predicted octanol–water partition coefficient (Wildman–Crippen LogP) is 3.52. The predicted molar refractivity (Wildman–Crippen MR) is 83.4 cm³/mol. The molecule has 1 N–H and O–H groups in total. The summed E-state index contributed by atoms with van der Waals surface area (Å²) in [5.41, 5.74) is 0.494. The first-order chi connectivity index (χ1) is 8.95. The quantitative estimate of drug-likeness (QED) is 0.822. The van der Waals surface area contributed by atoms with E-state index in [2.05, 4.69) is 37.9 Å². The van der Waals surface area contributed by atoms with Crippen LogP contribution in [0.2, 0.25) is 0 Å². The maximum absolute atomic E-state index is 3.72. The molecule has 2 rings (SSSR count). The van der Waals surface area contributed by atoms with Crippen molar-refractivity contribution in [2.45, 2.75) is 65.8 Å². The number of likely N-dealkylation sites (tertiary alicyclic amines) is 1. The van der Waals surface area contributed by atoms with Crippen LogP contribution >= 0.6 is 0 Å². The molecule has 112 valence electrons. The van der Waals surface area contributed by atoms with E-state index in [1.165, 1.54) is 58.3 Å². The molecule has 0 aromatic heterocycles. The van der Waals surface area contributed by atoms with Crippen LogP contribution in [0.25, 0.3) is 0 Å². The van der Waals surface area contributed by atoms with E-state index < -0.39 is 0 Å². The molecule has 0 bridgehead atoms. The van der Waals surface area contributed by atoms with Crippen LogP contribution in [0.5, 0.6) is 0 Å². The van der Waals surface area contributed by atoms with Crippen LogP contribution in [-0.4, -0.2) is 37.1 Å². The van der Waals surface area contributed by atoms with Crippen molar-refractivity contribution in [2.24, 2.45) is 17.3 Å². The Morgan fingerprint density at radius 3 is 2.58 bits per heavy atom. The summed E-state index contributed by atoms with van der Waals surface area (Å²) in [5.74, 6) is 1.83. The van der Waals surface area contributed by atoms with Gasteiger partial charge in [-0.3, -0.25) is 0 Å². The summed E-state index contributed by atoms with van der Waals surface area (Å²) >= 11 is 0. The van der Waals surface area contributed by atoms with Gasteiger partial charge in [-0.05, 0) is 69.0 Å².